The third-order valence-electron chi connectivity index (χ3n) is 3.66. The number of aliphatic hydroxyl groups is 1. The minimum atomic E-state index is -0.605. The average Bonchev–Trinajstić information content (AvgIpc) is 2.86. The van der Waals surface area contributed by atoms with Gasteiger partial charge in [-0.1, -0.05) is 11.8 Å². The molecule has 1 heterocycles. The van der Waals surface area contributed by atoms with Gasteiger partial charge in [0, 0.05) is 23.6 Å². The Labute approximate surface area is 142 Å². The van der Waals surface area contributed by atoms with E-state index in [0.29, 0.717) is 24.4 Å². The molecule has 0 spiro atoms. The average molecular weight is 336 g/mol. The first-order valence-corrected chi connectivity index (χ1v) is 7.90. The summed E-state index contributed by atoms with van der Waals surface area (Å²) in [4.78, 5) is 0. The van der Waals surface area contributed by atoms with Crippen molar-refractivity contribution in [2.75, 3.05) is 30.8 Å². The van der Waals surface area contributed by atoms with Crippen molar-refractivity contribution in [2.24, 2.45) is 5.41 Å². The maximum Gasteiger partial charge on any atom is 0.163 e. The monoisotopic (exact) mass is 336 g/mol. The molecule has 4 N–H and O–H groups in total. The number of aliphatic hydroxyl groups excluding tert-OH is 1. The molecule has 1 fully saturated rings. The number of hydrogen-bond acceptors (Lipinski definition) is 5. The van der Waals surface area contributed by atoms with Crippen LogP contribution in [0.15, 0.2) is 12.1 Å². The fourth-order valence-corrected chi connectivity index (χ4v) is 2.20. The van der Waals surface area contributed by atoms with Crippen LogP contribution in [0.5, 0.6) is 0 Å². The molecule has 6 heteroatoms. The van der Waals surface area contributed by atoms with E-state index in [1.54, 1.807) is 0 Å². The Balaban J connectivity index is 2.17. The number of rotatable bonds is 4. The number of benzene rings is 1. The summed E-state index contributed by atoms with van der Waals surface area (Å²) >= 11 is 0. The van der Waals surface area contributed by atoms with E-state index in [9.17, 15) is 9.50 Å². The van der Waals surface area contributed by atoms with E-state index >= 15 is 0 Å². The topological polar surface area (TPSA) is 76.7 Å². The first kappa shape index (κ1) is 18.5. The van der Waals surface area contributed by atoms with Gasteiger partial charge in [-0.05, 0) is 33.8 Å². The summed E-state index contributed by atoms with van der Waals surface area (Å²) in [7, 11) is 0. The molecule has 0 unspecified atom stereocenters. The minimum absolute atomic E-state index is 0.0354. The third-order valence-corrected chi connectivity index (χ3v) is 3.66. The first-order valence-electron chi connectivity index (χ1n) is 7.90. The third kappa shape index (κ3) is 4.84. The Morgan fingerprint density at radius 2 is 2.17 bits per heavy atom. The zero-order valence-electron chi connectivity index (χ0n) is 14.6. The van der Waals surface area contributed by atoms with Crippen LogP contribution in [-0.4, -0.2) is 36.8 Å². The minimum Gasteiger partial charge on any atom is -0.396 e. The lowest BCUT2D eigenvalue weighted by Gasteiger charge is -2.18. The second kappa shape index (κ2) is 6.98. The van der Waals surface area contributed by atoms with E-state index in [1.165, 1.54) is 12.1 Å². The Morgan fingerprint density at radius 1 is 1.46 bits per heavy atom. The summed E-state index contributed by atoms with van der Waals surface area (Å²) in [5.41, 5.74) is 6.25. The van der Waals surface area contributed by atoms with Crippen LogP contribution >= 0.6 is 0 Å². The molecule has 0 aromatic heterocycles. The van der Waals surface area contributed by atoms with Crippen LogP contribution in [0.3, 0.4) is 0 Å². The summed E-state index contributed by atoms with van der Waals surface area (Å²) < 4.78 is 25.0. The maximum atomic E-state index is 13.8. The largest absolute Gasteiger partial charge is 0.396 e. The molecule has 5 nitrogen and oxygen atoms in total. The molecule has 0 radical (unpaired) electrons. The molecular formula is C18H25FN2O3. The summed E-state index contributed by atoms with van der Waals surface area (Å²) in [6.45, 7) is 8.22. The van der Waals surface area contributed by atoms with Crippen molar-refractivity contribution >= 4 is 11.4 Å². The summed E-state index contributed by atoms with van der Waals surface area (Å²) in [6.07, 6.45) is -0.129. The molecule has 1 aromatic carbocycles. The quantitative estimate of drug-likeness (QED) is 0.581. The Kier molecular flexibility index (Phi) is 5.38. The van der Waals surface area contributed by atoms with Crippen molar-refractivity contribution in [3.8, 4) is 11.8 Å². The smallest absolute Gasteiger partial charge is 0.163 e. The normalized spacial score (nSPS) is 19.7. The number of nitrogens with two attached hydrogens (primary N) is 1. The predicted octanol–water partition coefficient (Wildman–Crippen LogP) is 2.34. The lowest BCUT2D eigenvalue weighted by atomic mass is 9.95. The molecular weight excluding hydrogens is 311 g/mol. The van der Waals surface area contributed by atoms with Crippen LogP contribution in [0, 0.1) is 23.1 Å². The van der Waals surface area contributed by atoms with Crippen LogP contribution < -0.4 is 11.1 Å². The van der Waals surface area contributed by atoms with Crippen molar-refractivity contribution < 1.29 is 19.0 Å². The molecule has 1 aliphatic rings. The highest BCUT2D eigenvalue weighted by Gasteiger charge is 2.32. The number of halogens is 1. The molecule has 24 heavy (non-hydrogen) atoms. The molecule has 0 bridgehead atoms. The molecule has 1 saturated heterocycles. The highest BCUT2D eigenvalue weighted by Crippen LogP contribution is 2.25. The molecule has 0 amide bonds. The van der Waals surface area contributed by atoms with E-state index < -0.39 is 17.0 Å². The lowest BCUT2D eigenvalue weighted by molar-refractivity contribution is -0.136. The van der Waals surface area contributed by atoms with E-state index in [-0.39, 0.29) is 18.4 Å². The number of ether oxygens (including phenoxy) is 2. The van der Waals surface area contributed by atoms with E-state index in [2.05, 4.69) is 17.2 Å². The fraction of sp³-hybridized carbons (Fsp3) is 0.556. The molecule has 1 atom stereocenters. The number of anilines is 2. The highest BCUT2D eigenvalue weighted by atomic mass is 19.1. The molecule has 1 aromatic rings. The maximum absolute atomic E-state index is 13.8. The van der Waals surface area contributed by atoms with Crippen LogP contribution in [-0.2, 0) is 9.47 Å². The number of nitrogens with one attached hydrogen (secondary N) is 1. The molecule has 1 aliphatic heterocycles. The number of nitrogen functional groups attached to an aromatic ring is 1. The van der Waals surface area contributed by atoms with E-state index in [1.807, 2.05) is 27.7 Å². The van der Waals surface area contributed by atoms with Crippen LogP contribution in [0.1, 0.15) is 33.3 Å². The van der Waals surface area contributed by atoms with Gasteiger partial charge in [-0.25, -0.2) is 4.39 Å². The van der Waals surface area contributed by atoms with Crippen LogP contribution in [0.2, 0.25) is 0 Å². The summed E-state index contributed by atoms with van der Waals surface area (Å²) in [5, 5.41) is 12.5. The van der Waals surface area contributed by atoms with E-state index in [4.69, 9.17) is 15.2 Å². The van der Waals surface area contributed by atoms with Gasteiger partial charge in [0.05, 0.1) is 24.6 Å². The number of hydrogen-bond donors (Lipinski definition) is 3. The van der Waals surface area contributed by atoms with Crippen molar-refractivity contribution in [3.05, 3.63) is 23.5 Å². The molecule has 2 rings (SSSR count). The zero-order chi connectivity index (χ0) is 18.0. The van der Waals surface area contributed by atoms with Crippen molar-refractivity contribution in [2.45, 2.75) is 39.6 Å². The van der Waals surface area contributed by atoms with Gasteiger partial charge in [0.2, 0.25) is 0 Å². The highest BCUT2D eigenvalue weighted by molar-refractivity contribution is 5.65. The Bertz CT molecular complexity index is 662. The van der Waals surface area contributed by atoms with Gasteiger partial charge in [-0.2, -0.15) is 0 Å². The van der Waals surface area contributed by atoms with Gasteiger partial charge in [0.25, 0.3) is 0 Å². The molecule has 132 valence electrons. The van der Waals surface area contributed by atoms with Crippen LogP contribution in [0.4, 0.5) is 15.8 Å². The van der Waals surface area contributed by atoms with Crippen molar-refractivity contribution in [1.82, 2.24) is 0 Å². The Hall–Kier alpha value is -1.81. The standard InChI is InChI=1S/C18H25FN2O3/c1-17(2,11-22)6-5-12-7-15(20)14(19)8-16(12)21-9-13-10-23-18(3,4)24-13/h7-8,13,21-22H,9-11,20H2,1-4H3/t13-/m1/s1. The SMILES string of the molecule is CC(C)(C#Cc1cc(N)c(F)cc1NC[C@@H]1COC(C)(C)O1)CO. The molecule has 0 aliphatic carbocycles. The zero-order valence-corrected chi connectivity index (χ0v) is 14.6. The van der Waals surface area contributed by atoms with Crippen molar-refractivity contribution in [3.63, 3.8) is 0 Å². The van der Waals surface area contributed by atoms with Gasteiger partial charge in [-0.3, -0.25) is 0 Å². The molecule has 0 saturated carbocycles. The van der Waals surface area contributed by atoms with Gasteiger partial charge in [0.15, 0.2) is 5.79 Å². The van der Waals surface area contributed by atoms with Gasteiger partial charge in [0.1, 0.15) is 11.9 Å². The summed E-state index contributed by atoms with van der Waals surface area (Å²) in [6, 6.07) is 2.82. The Morgan fingerprint density at radius 3 is 2.75 bits per heavy atom. The van der Waals surface area contributed by atoms with Crippen molar-refractivity contribution in [1.29, 1.82) is 0 Å². The summed E-state index contributed by atoms with van der Waals surface area (Å²) in [5.74, 6) is 4.84. The van der Waals surface area contributed by atoms with E-state index in [0.717, 1.165) is 0 Å². The predicted molar refractivity (Wildman–Crippen MR) is 92.0 cm³/mol. The second-order valence-electron chi connectivity index (χ2n) is 7.04. The second-order valence-corrected chi connectivity index (χ2v) is 7.04. The lowest BCUT2D eigenvalue weighted by Crippen LogP contribution is -2.26. The van der Waals surface area contributed by atoms with Gasteiger partial charge in [-0.15, -0.1) is 0 Å². The van der Waals surface area contributed by atoms with Gasteiger partial charge >= 0.3 is 0 Å². The van der Waals surface area contributed by atoms with Gasteiger partial charge < -0.3 is 25.6 Å². The fourth-order valence-electron chi connectivity index (χ4n) is 2.20. The first-order chi connectivity index (χ1) is 11.1. The van der Waals surface area contributed by atoms with Crippen LogP contribution in [0.25, 0.3) is 0 Å².